The lowest BCUT2D eigenvalue weighted by Crippen LogP contribution is -2.21. The highest BCUT2D eigenvalue weighted by Crippen LogP contribution is 2.27. The van der Waals surface area contributed by atoms with E-state index in [9.17, 15) is 0 Å². The van der Waals surface area contributed by atoms with E-state index in [4.69, 9.17) is 4.74 Å². The highest BCUT2D eigenvalue weighted by atomic mass is 16.5. The number of hydrogen-bond acceptors (Lipinski definition) is 4. The molecule has 0 fully saturated rings. The Kier molecular flexibility index (Phi) is 4.91. The van der Waals surface area contributed by atoms with Gasteiger partial charge in [-0.1, -0.05) is 6.07 Å². The van der Waals surface area contributed by atoms with Gasteiger partial charge in [0.1, 0.15) is 5.75 Å². The van der Waals surface area contributed by atoms with Gasteiger partial charge in [-0.15, -0.1) is 0 Å². The number of ether oxygens (including phenoxy) is 1. The van der Waals surface area contributed by atoms with Crippen LogP contribution in [-0.2, 0) is 6.42 Å². The van der Waals surface area contributed by atoms with Crippen LogP contribution < -0.4 is 10.1 Å². The third-order valence-electron chi connectivity index (χ3n) is 3.92. The summed E-state index contributed by atoms with van der Waals surface area (Å²) < 4.78 is 5.49. The number of nitrogens with one attached hydrogen (secondary N) is 1. The van der Waals surface area contributed by atoms with Crippen molar-refractivity contribution in [2.75, 3.05) is 14.2 Å². The molecule has 112 valence electrons. The first-order chi connectivity index (χ1) is 10.1. The van der Waals surface area contributed by atoms with Crippen molar-refractivity contribution < 1.29 is 4.74 Å². The molecule has 0 aliphatic heterocycles. The van der Waals surface area contributed by atoms with Gasteiger partial charge in [0.25, 0.3) is 0 Å². The third kappa shape index (κ3) is 3.22. The summed E-state index contributed by atoms with van der Waals surface area (Å²) in [6, 6.07) is 4.28. The second-order valence-corrected chi connectivity index (χ2v) is 5.27. The maximum absolute atomic E-state index is 5.49. The fraction of sp³-hybridized carbons (Fsp3) is 0.412. The van der Waals surface area contributed by atoms with Gasteiger partial charge in [-0.05, 0) is 39.4 Å². The van der Waals surface area contributed by atoms with Gasteiger partial charge in [0.2, 0.25) is 0 Å². The van der Waals surface area contributed by atoms with Gasteiger partial charge in [-0.3, -0.25) is 9.97 Å². The van der Waals surface area contributed by atoms with E-state index in [1.165, 1.54) is 5.56 Å². The normalized spacial score (nSPS) is 12.2. The van der Waals surface area contributed by atoms with Crippen molar-refractivity contribution in [3.05, 3.63) is 52.6 Å². The van der Waals surface area contributed by atoms with E-state index in [1.807, 2.05) is 39.4 Å². The van der Waals surface area contributed by atoms with E-state index in [1.54, 1.807) is 7.11 Å². The minimum absolute atomic E-state index is 0.192. The summed E-state index contributed by atoms with van der Waals surface area (Å²) >= 11 is 0. The van der Waals surface area contributed by atoms with Gasteiger partial charge in [-0.25, -0.2) is 0 Å². The Morgan fingerprint density at radius 2 is 2.00 bits per heavy atom. The molecule has 2 rings (SSSR count). The number of aromatic nitrogens is 2. The van der Waals surface area contributed by atoms with Gasteiger partial charge >= 0.3 is 0 Å². The van der Waals surface area contributed by atoms with E-state index >= 15 is 0 Å². The Balaban J connectivity index is 2.34. The Labute approximate surface area is 126 Å². The molecule has 2 aromatic heterocycles. The average Bonchev–Trinajstić information content (AvgIpc) is 2.48. The Hall–Kier alpha value is -1.94. The Morgan fingerprint density at radius 1 is 1.24 bits per heavy atom. The van der Waals surface area contributed by atoms with Crippen LogP contribution in [0, 0.1) is 20.8 Å². The molecule has 0 spiro atoms. The molecule has 0 aliphatic carbocycles. The molecular formula is C17H23N3O. The second kappa shape index (κ2) is 6.68. The van der Waals surface area contributed by atoms with E-state index < -0.39 is 0 Å². The van der Waals surface area contributed by atoms with Gasteiger partial charge in [-0.2, -0.15) is 0 Å². The van der Waals surface area contributed by atoms with Crippen LogP contribution >= 0.6 is 0 Å². The molecule has 0 bridgehead atoms. The smallest absolute Gasteiger partial charge is 0.128 e. The summed E-state index contributed by atoms with van der Waals surface area (Å²) in [6.07, 6.45) is 4.51. The van der Waals surface area contributed by atoms with Crippen LogP contribution in [-0.4, -0.2) is 24.1 Å². The van der Waals surface area contributed by atoms with Crippen molar-refractivity contribution in [3.63, 3.8) is 0 Å². The zero-order chi connectivity index (χ0) is 15.4. The second-order valence-electron chi connectivity index (χ2n) is 5.27. The van der Waals surface area contributed by atoms with Crippen LogP contribution in [0.4, 0.5) is 0 Å². The SMILES string of the molecule is CNC(Cc1ncc(C)c(OC)c1C)c1cccnc1C. The molecule has 0 aliphatic rings. The number of pyridine rings is 2. The molecule has 2 aromatic rings. The van der Waals surface area contributed by atoms with Crippen molar-refractivity contribution in [1.82, 2.24) is 15.3 Å². The number of methoxy groups -OCH3 is 1. The van der Waals surface area contributed by atoms with E-state index in [-0.39, 0.29) is 6.04 Å². The van der Waals surface area contributed by atoms with Crippen LogP contribution in [0.5, 0.6) is 5.75 Å². The molecule has 0 amide bonds. The summed E-state index contributed by atoms with van der Waals surface area (Å²) in [4.78, 5) is 8.96. The van der Waals surface area contributed by atoms with E-state index in [2.05, 4.69) is 28.3 Å². The third-order valence-corrected chi connectivity index (χ3v) is 3.92. The van der Waals surface area contributed by atoms with Crippen molar-refractivity contribution >= 4 is 0 Å². The number of nitrogens with zero attached hydrogens (tertiary/aromatic N) is 2. The summed E-state index contributed by atoms with van der Waals surface area (Å²) in [5, 5.41) is 3.37. The molecule has 4 heteroatoms. The van der Waals surface area contributed by atoms with E-state index in [0.717, 1.165) is 34.7 Å². The lowest BCUT2D eigenvalue weighted by molar-refractivity contribution is 0.406. The first kappa shape index (κ1) is 15.4. The fourth-order valence-corrected chi connectivity index (χ4v) is 2.70. The topological polar surface area (TPSA) is 47.0 Å². The molecule has 1 unspecified atom stereocenters. The molecule has 1 atom stereocenters. The first-order valence-corrected chi connectivity index (χ1v) is 7.16. The first-order valence-electron chi connectivity index (χ1n) is 7.16. The predicted octanol–water partition coefficient (Wildman–Crippen LogP) is 2.91. The number of likely N-dealkylation sites (N-methyl/N-ethyl adjacent to an activating group) is 1. The minimum Gasteiger partial charge on any atom is -0.496 e. The predicted molar refractivity (Wildman–Crippen MR) is 84.7 cm³/mol. The number of hydrogen-bond donors (Lipinski definition) is 1. The standard InChI is InChI=1S/C17H23N3O/c1-11-10-20-15(12(2)17(11)21-5)9-16(18-4)14-7-6-8-19-13(14)3/h6-8,10,16,18H,9H2,1-5H3. The average molecular weight is 285 g/mol. The Bertz CT molecular complexity index is 625. The summed E-state index contributed by atoms with van der Waals surface area (Å²) in [5.41, 5.74) is 5.49. The van der Waals surface area contributed by atoms with Crippen LogP contribution in [0.25, 0.3) is 0 Å². The maximum Gasteiger partial charge on any atom is 0.128 e. The summed E-state index contributed by atoms with van der Waals surface area (Å²) in [6.45, 7) is 6.12. The molecule has 21 heavy (non-hydrogen) atoms. The lowest BCUT2D eigenvalue weighted by atomic mass is 9.98. The molecule has 1 N–H and O–H groups in total. The number of rotatable bonds is 5. The van der Waals surface area contributed by atoms with Crippen LogP contribution in [0.1, 0.15) is 34.1 Å². The largest absolute Gasteiger partial charge is 0.496 e. The minimum atomic E-state index is 0.192. The lowest BCUT2D eigenvalue weighted by Gasteiger charge is -2.20. The van der Waals surface area contributed by atoms with Crippen LogP contribution in [0.15, 0.2) is 24.5 Å². The van der Waals surface area contributed by atoms with Gasteiger partial charge in [0, 0.05) is 47.4 Å². The van der Waals surface area contributed by atoms with Crippen LogP contribution in [0.3, 0.4) is 0 Å². The van der Waals surface area contributed by atoms with Crippen molar-refractivity contribution in [2.24, 2.45) is 0 Å². The maximum atomic E-state index is 5.49. The molecular weight excluding hydrogens is 262 g/mol. The Morgan fingerprint density at radius 3 is 2.62 bits per heavy atom. The highest BCUT2D eigenvalue weighted by molar-refractivity contribution is 5.41. The zero-order valence-corrected chi connectivity index (χ0v) is 13.4. The van der Waals surface area contributed by atoms with Crippen molar-refractivity contribution in [2.45, 2.75) is 33.2 Å². The molecule has 0 radical (unpaired) electrons. The molecule has 0 saturated heterocycles. The zero-order valence-electron chi connectivity index (χ0n) is 13.4. The highest BCUT2D eigenvalue weighted by Gasteiger charge is 2.17. The molecule has 0 saturated carbocycles. The number of aryl methyl sites for hydroxylation is 2. The van der Waals surface area contributed by atoms with Gasteiger partial charge < -0.3 is 10.1 Å². The molecule has 0 aromatic carbocycles. The molecule has 4 nitrogen and oxygen atoms in total. The summed E-state index contributed by atoms with van der Waals surface area (Å²) in [5.74, 6) is 0.928. The summed E-state index contributed by atoms with van der Waals surface area (Å²) in [7, 11) is 3.68. The van der Waals surface area contributed by atoms with Crippen LogP contribution in [0.2, 0.25) is 0 Å². The van der Waals surface area contributed by atoms with Gasteiger partial charge in [0.05, 0.1) is 7.11 Å². The monoisotopic (exact) mass is 285 g/mol. The van der Waals surface area contributed by atoms with Crippen molar-refractivity contribution in [3.8, 4) is 5.75 Å². The quantitative estimate of drug-likeness (QED) is 0.917. The van der Waals surface area contributed by atoms with Gasteiger partial charge in [0.15, 0.2) is 0 Å². The van der Waals surface area contributed by atoms with Crippen molar-refractivity contribution in [1.29, 1.82) is 0 Å². The van der Waals surface area contributed by atoms with E-state index in [0.29, 0.717) is 0 Å². The molecule has 2 heterocycles. The fourth-order valence-electron chi connectivity index (χ4n) is 2.70.